The Morgan fingerprint density at radius 3 is 2.39 bits per heavy atom. The molecule has 3 rings (SSSR count). The molecule has 0 saturated heterocycles. The van der Waals surface area contributed by atoms with Gasteiger partial charge in [0.25, 0.3) is 0 Å². The number of hydrogen-bond donors (Lipinski definition) is 1. The topological polar surface area (TPSA) is 12.0 Å². The van der Waals surface area contributed by atoms with Crippen LogP contribution in [0.3, 0.4) is 0 Å². The van der Waals surface area contributed by atoms with Crippen LogP contribution in [-0.4, -0.2) is 6.04 Å². The smallest absolute Gasteiger partial charge is 0.0208 e. The van der Waals surface area contributed by atoms with E-state index < -0.39 is 0 Å². The highest BCUT2D eigenvalue weighted by Gasteiger charge is 2.64. The van der Waals surface area contributed by atoms with E-state index in [1.165, 1.54) is 24.8 Å². The monoisotopic (exact) mass is 243 g/mol. The van der Waals surface area contributed by atoms with Gasteiger partial charge in [0.1, 0.15) is 0 Å². The fourth-order valence-corrected chi connectivity index (χ4v) is 3.66. The first-order valence-electron chi connectivity index (χ1n) is 7.27. The summed E-state index contributed by atoms with van der Waals surface area (Å²) < 4.78 is 0. The lowest BCUT2D eigenvalue weighted by Gasteiger charge is -2.08. The Morgan fingerprint density at radius 1 is 1.06 bits per heavy atom. The number of benzene rings is 1. The van der Waals surface area contributed by atoms with E-state index in [0.29, 0.717) is 16.9 Å². The van der Waals surface area contributed by atoms with Crippen molar-refractivity contribution in [3.8, 4) is 0 Å². The standard InChI is InChI=1S/C17H25N/c1-16(2)15(17(16,3)4)18-11-12-8-9-13-6-5-7-14(13)10-12/h8-10,15,18H,5-7,11H2,1-4H3. The first-order chi connectivity index (χ1) is 8.43. The molecule has 2 aliphatic rings. The van der Waals surface area contributed by atoms with E-state index in [-0.39, 0.29) is 0 Å². The normalized spacial score (nSPS) is 24.0. The van der Waals surface area contributed by atoms with Crippen molar-refractivity contribution < 1.29 is 0 Å². The fraction of sp³-hybridized carbons (Fsp3) is 0.647. The SMILES string of the molecule is CC1(C)C(NCc2ccc3c(c2)CCC3)C1(C)C. The van der Waals surface area contributed by atoms with Gasteiger partial charge < -0.3 is 5.32 Å². The first kappa shape index (κ1) is 12.2. The van der Waals surface area contributed by atoms with E-state index in [4.69, 9.17) is 0 Å². The van der Waals surface area contributed by atoms with Crippen molar-refractivity contribution in [1.29, 1.82) is 0 Å². The molecule has 1 nitrogen and oxygen atoms in total. The van der Waals surface area contributed by atoms with Crippen LogP contribution in [-0.2, 0) is 19.4 Å². The molecule has 98 valence electrons. The minimum Gasteiger partial charge on any atom is -0.309 e. The summed E-state index contributed by atoms with van der Waals surface area (Å²) in [6.45, 7) is 10.5. The summed E-state index contributed by atoms with van der Waals surface area (Å²) in [6, 6.07) is 7.71. The maximum atomic E-state index is 3.74. The lowest BCUT2D eigenvalue weighted by atomic mass is 10.0. The lowest BCUT2D eigenvalue weighted by Crippen LogP contribution is -2.21. The Labute approximate surface area is 111 Å². The van der Waals surface area contributed by atoms with Crippen molar-refractivity contribution in [3.63, 3.8) is 0 Å². The van der Waals surface area contributed by atoms with Crippen LogP contribution in [0, 0.1) is 10.8 Å². The molecule has 1 N–H and O–H groups in total. The number of nitrogens with one attached hydrogen (secondary N) is 1. The molecule has 0 bridgehead atoms. The zero-order chi connectivity index (χ0) is 13.0. The Balaban J connectivity index is 1.65. The summed E-state index contributed by atoms with van der Waals surface area (Å²) in [5.41, 5.74) is 5.48. The predicted molar refractivity (Wildman–Crippen MR) is 76.7 cm³/mol. The first-order valence-corrected chi connectivity index (χ1v) is 7.27. The molecule has 0 unspecified atom stereocenters. The number of aryl methyl sites for hydroxylation is 2. The quantitative estimate of drug-likeness (QED) is 0.853. The molecule has 1 aromatic carbocycles. The largest absolute Gasteiger partial charge is 0.309 e. The van der Waals surface area contributed by atoms with Crippen molar-refractivity contribution in [1.82, 2.24) is 5.32 Å². The van der Waals surface area contributed by atoms with Crippen molar-refractivity contribution in [2.24, 2.45) is 10.8 Å². The maximum absolute atomic E-state index is 3.74. The van der Waals surface area contributed by atoms with Gasteiger partial charge in [-0.05, 0) is 46.8 Å². The number of fused-ring (bicyclic) bond motifs is 1. The van der Waals surface area contributed by atoms with E-state index >= 15 is 0 Å². The van der Waals surface area contributed by atoms with Crippen molar-refractivity contribution in [2.45, 2.75) is 59.5 Å². The van der Waals surface area contributed by atoms with Crippen molar-refractivity contribution in [3.05, 3.63) is 34.9 Å². The van der Waals surface area contributed by atoms with Crippen molar-refractivity contribution in [2.75, 3.05) is 0 Å². The zero-order valence-electron chi connectivity index (χ0n) is 12.1. The zero-order valence-corrected chi connectivity index (χ0v) is 12.1. The summed E-state index contributed by atoms with van der Waals surface area (Å²) in [6.07, 6.45) is 3.91. The van der Waals surface area contributed by atoms with Crippen LogP contribution < -0.4 is 5.32 Å². The van der Waals surface area contributed by atoms with Crippen LogP contribution in [0.5, 0.6) is 0 Å². The van der Waals surface area contributed by atoms with E-state index in [1.54, 1.807) is 11.1 Å². The molecule has 0 aromatic heterocycles. The molecule has 0 aliphatic heterocycles. The Bertz CT molecular complexity index is 456. The molecule has 0 radical (unpaired) electrons. The summed E-state index contributed by atoms with van der Waals surface area (Å²) in [7, 11) is 0. The third-order valence-corrected chi connectivity index (χ3v) is 5.69. The van der Waals surface area contributed by atoms with Gasteiger partial charge in [-0.1, -0.05) is 45.9 Å². The second kappa shape index (κ2) is 3.84. The summed E-state index contributed by atoms with van der Waals surface area (Å²) in [4.78, 5) is 0. The Hall–Kier alpha value is -0.820. The third-order valence-electron chi connectivity index (χ3n) is 5.69. The minimum absolute atomic E-state index is 0.434. The van der Waals surface area contributed by atoms with Crippen LogP contribution in [0.2, 0.25) is 0 Å². The molecule has 0 atom stereocenters. The van der Waals surface area contributed by atoms with Crippen molar-refractivity contribution >= 4 is 0 Å². The van der Waals surface area contributed by atoms with Gasteiger partial charge >= 0.3 is 0 Å². The fourth-order valence-electron chi connectivity index (χ4n) is 3.66. The highest BCUT2D eigenvalue weighted by molar-refractivity contribution is 5.35. The van der Waals surface area contributed by atoms with Crippen LogP contribution in [0.4, 0.5) is 0 Å². The van der Waals surface area contributed by atoms with Crippen LogP contribution >= 0.6 is 0 Å². The van der Waals surface area contributed by atoms with E-state index in [1.807, 2.05) is 0 Å². The summed E-state index contributed by atoms with van der Waals surface area (Å²) in [5, 5.41) is 3.74. The Morgan fingerprint density at radius 2 is 1.72 bits per heavy atom. The molecule has 1 fully saturated rings. The molecule has 2 aliphatic carbocycles. The highest BCUT2D eigenvalue weighted by Crippen LogP contribution is 2.62. The van der Waals surface area contributed by atoms with Gasteiger partial charge in [0.15, 0.2) is 0 Å². The minimum atomic E-state index is 0.434. The van der Waals surface area contributed by atoms with E-state index in [9.17, 15) is 0 Å². The molecule has 0 heterocycles. The van der Waals surface area contributed by atoms with Crippen LogP contribution in [0.1, 0.15) is 50.8 Å². The predicted octanol–water partition coefficient (Wildman–Crippen LogP) is 3.70. The number of rotatable bonds is 3. The van der Waals surface area contributed by atoms with E-state index in [0.717, 1.165) is 6.54 Å². The van der Waals surface area contributed by atoms with Gasteiger partial charge in [0.05, 0.1) is 0 Å². The van der Waals surface area contributed by atoms with Crippen LogP contribution in [0.25, 0.3) is 0 Å². The van der Waals surface area contributed by atoms with Crippen LogP contribution in [0.15, 0.2) is 18.2 Å². The molecule has 1 aromatic rings. The van der Waals surface area contributed by atoms with Gasteiger partial charge in [-0.25, -0.2) is 0 Å². The molecular weight excluding hydrogens is 218 g/mol. The highest BCUT2D eigenvalue weighted by atomic mass is 15.0. The lowest BCUT2D eigenvalue weighted by molar-refractivity contribution is 0.457. The maximum Gasteiger partial charge on any atom is 0.0208 e. The third kappa shape index (κ3) is 1.72. The molecule has 0 amide bonds. The molecular formula is C17H25N. The van der Waals surface area contributed by atoms with E-state index in [2.05, 4.69) is 51.2 Å². The molecule has 18 heavy (non-hydrogen) atoms. The second-order valence-electron chi connectivity index (χ2n) is 7.21. The molecule has 1 saturated carbocycles. The summed E-state index contributed by atoms with van der Waals surface area (Å²) in [5.74, 6) is 0. The van der Waals surface area contributed by atoms with Gasteiger partial charge in [0.2, 0.25) is 0 Å². The average molecular weight is 243 g/mol. The van der Waals surface area contributed by atoms with Gasteiger partial charge in [-0.2, -0.15) is 0 Å². The Kier molecular flexibility index (Phi) is 2.60. The molecule has 1 heteroatoms. The molecule has 0 spiro atoms. The van der Waals surface area contributed by atoms with Gasteiger partial charge in [0, 0.05) is 12.6 Å². The van der Waals surface area contributed by atoms with Gasteiger partial charge in [-0.3, -0.25) is 0 Å². The average Bonchev–Trinajstić information content (AvgIpc) is 2.70. The summed E-state index contributed by atoms with van der Waals surface area (Å²) >= 11 is 0. The van der Waals surface area contributed by atoms with Gasteiger partial charge in [-0.15, -0.1) is 0 Å². The second-order valence-corrected chi connectivity index (χ2v) is 7.21. The number of hydrogen-bond acceptors (Lipinski definition) is 1.